The summed E-state index contributed by atoms with van der Waals surface area (Å²) in [6.07, 6.45) is 1.53. The second-order valence-corrected chi connectivity index (χ2v) is 6.07. The van der Waals surface area contributed by atoms with Crippen molar-refractivity contribution in [3.63, 3.8) is 0 Å². The number of carbonyl (C=O) groups is 3. The molecule has 0 aliphatic carbocycles. The van der Waals surface area contributed by atoms with Gasteiger partial charge in [-0.25, -0.2) is 9.59 Å². The molecule has 3 amide bonds. The molecule has 0 spiro atoms. The molecule has 0 atom stereocenters. The highest BCUT2D eigenvalue weighted by Gasteiger charge is 2.16. The van der Waals surface area contributed by atoms with Gasteiger partial charge in [0.25, 0.3) is 5.91 Å². The van der Waals surface area contributed by atoms with Crippen LogP contribution in [-0.2, 0) is 9.53 Å². The van der Waals surface area contributed by atoms with Crippen molar-refractivity contribution in [2.24, 2.45) is 0 Å². The van der Waals surface area contributed by atoms with Crippen LogP contribution in [0.25, 0.3) is 10.9 Å². The van der Waals surface area contributed by atoms with E-state index in [9.17, 15) is 14.4 Å². The van der Waals surface area contributed by atoms with Gasteiger partial charge < -0.3 is 15.0 Å². The molecule has 0 aliphatic rings. The molecule has 138 valence electrons. The SMILES string of the molecule is Cc1cccc(NC(=O)NC(=O)COC(=O)c2c[nH]c3ccccc23)c1C. The van der Waals surface area contributed by atoms with Crippen LogP contribution < -0.4 is 10.6 Å². The fourth-order valence-electron chi connectivity index (χ4n) is 2.65. The summed E-state index contributed by atoms with van der Waals surface area (Å²) in [5, 5.41) is 5.45. The van der Waals surface area contributed by atoms with Crippen LogP contribution in [0.5, 0.6) is 0 Å². The van der Waals surface area contributed by atoms with Crippen molar-refractivity contribution in [2.75, 3.05) is 11.9 Å². The van der Waals surface area contributed by atoms with Crippen molar-refractivity contribution in [2.45, 2.75) is 13.8 Å². The van der Waals surface area contributed by atoms with Crippen molar-refractivity contribution in [1.82, 2.24) is 10.3 Å². The summed E-state index contributed by atoms with van der Waals surface area (Å²) in [5.41, 5.74) is 3.66. The third-order valence-corrected chi connectivity index (χ3v) is 4.25. The molecular formula is C20H19N3O4. The van der Waals surface area contributed by atoms with Gasteiger partial charge in [-0.05, 0) is 37.1 Å². The van der Waals surface area contributed by atoms with Gasteiger partial charge in [0.05, 0.1) is 5.56 Å². The fourth-order valence-corrected chi connectivity index (χ4v) is 2.65. The average Bonchev–Trinajstić information content (AvgIpc) is 3.08. The van der Waals surface area contributed by atoms with Gasteiger partial charge in [0.1, 0.15) is 0 Å². The van der Waals surface area contributed by atoms with E-state index in [2.05, 4.69) is 15.6 Å². The van der Waals surface area contributed by atoms with E-state index >= 15 is 0 Å². The van der Waals surface area contributed by atoms with Gasteiger partial charge in [-0.2, -0.15) is 0 Å². The number of para-hydroxylation sites is 1. The lowest BCUT2D eigenvalue weighted by Gasteiger charge is -2.11. The van der Waals surface area contributed by atoms with Gasteiger partial charge in [-0.3, -0.25) is 10.1 Å². The number of anilines is 1. The number of H-pyrrole nitrogens is 1. The largest absolute Gasteiger partial charge is 0.452 e. The molecule has 0 radical (unpaired) electrons. The van der Waals surface area contributed by atoms with Crippen molar-refractivity contribution < 1.29 is 19.1 Å². The quantitative estimate of drug-likeness (QED) is 0.618. The van der Waals surface area contributed by atoms with E-state index in [0.29, 0.717) is 16.6 Å². The number of hydrogen-bond acceptors (Lipinski definition) is 4. The second-order valence-electron chi connectivity index (χ2n) is 6.07. The van der Waals surface area contributed by atoms with Gasteiger partial charge in [-0.15, -0.1) is 0 Å². The van der Waals surface area contributed by atoms with E-state index in [1.54, 1.807) is 18.2 Å². The van der Waals surface area contributed by atoms with Crippen LogP contribution in [0.15, 0.2) is 48.7 Å². The summed E-state index contributed by atoms with van der Waals surface area (Å²) in [7, 11) is 0. The van der Waals surface area contributed by atoms with Crippen LogP contribution in [0.3, 0.4) is 0 Å². The highest BCUT2D eigenvalue weighted by atomic mass is 16.5. The number of carbonyl (C=O) groups excluding carboxylic acids is 3. The Balaban J connectivity index is 1.54. The number of fused-ring (bicyclic) bond motifs is 1. The highest BCUT2D eigenvalue weighted by molar-refractivity contribution is 6.06. The molecule has 2 aromatic carbocycles. The standard InChI is InChI=1S/C20H19N3O4/c1-12-6-5-9-16(13(12)2)22-20(26)23-18(24)11-27-19(25)15-10-21-17-8-4-3-7-14(15)17/h3-10,21H,11H2,1-2H3,(H2,22,23,24,26). The van der Waals surface area contributed by atoms with Crippen LogP contribution in [-0.4, -0.2) is 29.5 Å². The lowest BCUT2D eigenvalue weighted by molar-refractivity contribution is -0.123. The first kappa shape index (κ1) is 18.2. The summed E-state index contributed by atoms with van der Waals surface area (Å²) in [4.78, 5) is 38.9. The Morgan fingerprint density at radius 2 is 1.81 bits per heavy atom. The van der Waals surface area contributed by atoms with Gasteiger partial charge in [0, 0.05) is 22.8 Å². The Kier molecular flexibility index (Phi) is 5.21. The van der Waals surface area contributed by atoms with E-state index in [1.807, 2.05) is 38.1 Å². The predicted molar refractivity (Wildman–Crippen MR) is 102 cm³/mol. The second kappa shape index (κ2) is 7.74. The molecule has 1 aromatic heterocycles. The molecule has 0 saturated carbocycles. The van der Waals surface area contributed by atoms with Crippen molar-refractivity contribution in [3.8, 4) is 0 Å². The Morgan fingerprint density at radius 3 is 2.63 bits per heavy atom. The number of urea groups is 1. The highest BCUT2D eigenvalue weighted by Crippen LogP contribution is 2.19. The van der Waals surface area contributed by atoms with Crippen LogP contribution in [0.4, 0.5) is 10.5 Å². The molecule has 0 bridgehead atoms. The molecule has 7 heteroatoms. The monoisotopic (exact) mass is 365 g/mol. The van der Waals surface area contributed by atoms with E-state index in [-0.39, 0.29) is 0 Å². The molecule has 0 saturated heterocycles. The maximum absolute atomic E-state index is 12.2. The zero-order chi connectivity index (χ0) is 19.4. The third-order valence-electron chi connectivity index (χ3n) is 4.25. The topological polar surface area (TPSA) is 100 Å². The Bertz CT molecular complexity index is 1020. The lowest BCUT2D eigenvalue weighted by atomic mass is 10.1. The first-order valence-corrected chi connectivity index (χ1v) is 8.36. The van der Waals surface area contributed by atoms with Crippen LogP contribution in [0, 0.1) is 13.8 Å². The summed E-state index contributed by atoms with van der Waals surface area (Å²) >= 11 is 0. The zero-order valence-electron chi connectivity index (χ0n) is 15.0. The van der Waals surface area contributed by atoms with E-state index < -0.39 is 24.5 Å². The molecule has 7 nitrogen and oxygen atoms in total. The van der Waals surface area contributed by atoms with Gasteiger partial charge in [0.2, 0.25) is 0 Å². The minimum absolute atomic E-state index is 0.332. The molecule has 1 heterocycles. The number of imide groups is 1. The van der Waals surface area contributed by atoms with Crippen LogP contribution >= 0.6 is 0 Å². The fraction of sp³-hybridized carbons (Fsp3) is 0.150. The first-order chi connectivity index (χ1) is 13.0. The van der Waals surface area contributed by atoms with E-state index in [1.165, 1.54) is 6.20 Å². The maximum Gasteiger partial charge on any atom is 0.340 e. The number of aryl methyl sites for hydroxylation is 1. The minimum atomic E-state index is -0.717. The normalized spacial score (nSPS) is 10.4. The predicted octanol–water partition coefficient (Wildman–Crippen LogP) is 3.29. The number of benzene rings is 2. The number of nitrogens with one attached hydrogen (secondary N) is 3. The summed E-state index contributed by atoms with van der Waals surface area (Å²) in [5.74, 6) is -1.36. The molecule has 3 rings (SSSR count). The van der Waals surface area contributed by atoms with Crippen molar-refractivity contribution in [3.05, 3.63) is 65.4 Å². The lowest BCUT2D eigenvalue weighted by Crippen LogP contribution is -2.37. The van der Waals surface area contributed by atoms with Gasteiger partial charge >= 0.3 is 12.0 Å². The van der Waals surface area contributed by atoms with Gasteiger partial charge in [0.15, 0.2) is 6.61 Å². The average molecular weight is 365 g/mol. The number of rotatable bonds is 4. The van der Waals surface area contributed by atoms with Crippen molar-refractivity contribution >= 4 is 34.5 Å². The number of esters is 1. The Morgan fingerprint density at radius 1 is 1.04 bits per heavy atom. The molecule has 0 fully saturated rings. The summed E-state index contributed by atoms with van der Waals surface area (Å²) < 4.78 is 5.00. The van der Waals surface area contributed by atoms with Crippen LogP contribution in [0.1, 0.15) is 21.5 Å². The maximum atomic E-state index is 12.2. The van der Waals surface area contributed by atoms with Crippen LogP contribution in [0.2, 0.25) is 0 Å². The molecule has 3 N–H and O–H groups in total. The Labute approximate surface area is 155 Å². The van der Waals surface area contributed by atoms with Crippen molar-refractivity contribution in [1.29, 1.82) is 0 Å². The number of ether oxygens (including phenoxy) is 1. The molecule has 27 heavy (non-hydrogen) atoms. The van der Waals surface area contributed by atoms with Gasteiger partial charge in [-0.1, -0.05) is 30.3 Å². The number of hydrogen-bond donors (Lipinski definition) is 3. The summed E-state index contributed by atoms with van der Waals surface area (Å²) in [6.45, 7) is 3.24. The minimum Gasteiger partial charge on any atom is -0.452 e. The number of aromatic amines is 1. The molecule has 0 unspecified atom stereocenters. The molecule has 0 aliphatic heterocycles. The molecular weight excluding hydrogens is 346 g/mol. The third kappa shape index (κ3) is 4.14. The number of amides is 3. The molecule has 3 aromatic rings. The zero-order valence-corrected chi connectivity index (χ0v) is 15.0. The first-order valence-electron chi connectivity index (χ1n) is 8.36. The Hall–Kier alpha value is -3.61. The smallest absolute Gasteiger partial charge is 0.340 e. The van der Waals surface area contributed by atoms with E-state index in [4.69, 9.17) is 4.74 Å². The van der Waals surface area contributed by atoms with E-state index in [0.717, 1.165) is 16.6 Å². The number of aromatic nitrogens is 1. The summed E-state index contributed by atoms with van der Waals surface area (Å²) in [6, 6.07) is 12.0.